The molecule has 0 fully saturated rings. The molecule has 0 spiro atoms. The minimum Gasteiger partial charge on any atom is -0.376 e. The van der Waals surface area contributed by atoms with Crippen molar-refractivity contribution in [2.45, 2.75) is 18.7 Å². The fourth-order valence-corrected chi connectivity index (χ4v) is 3.84. The number of para-hydroxylation sites is 1. The fourth-order valence-electron chi connectivity index (χ4n) is 2.85. The summed E-state index contributed by atoms with van der Waals surface area (Å²) >= 11 is 1.78. The smallest absolute Gasteiger partial charge is 0.246 e. The molecule has 0 aromatic heterocycles. The summed E-state index contributed by atoms with van der Waals surface area (Å²) in [6.07, 6.45) is 0. The second kappa shape index (κ2) is 7.61. The summed E-state index contributed by atoms with van der Waals surface area (Å²) in [4.78, 5) is 26.9. The third-order valence-corrected chi connectivity index (χ3v) is 5.15. The van der Waals surface area contributed by atoms with Gasteiger partial charge >= 0.3 is 0 Å². The maximum absolute atomic E-state index is 12.7. The van der Waals surface area contributed by atoms with Gasteiger partial charge in [-0.2, -0.15) is 0 Å². The number of nitrogens with zero attached hydrogens (tertiary/aromatic N) is 1. The molecular weight excluding hydrogens is 334 g/mol. The van der Waals surface area contributed by atoms with Gasteiger partial charge in [-0.3, -0.25) is 9.59 Å². The first-order valence-electron chi connectivity index (χ1n) is 8.19. The Labute approximate surface area is 151 Å². The molecule has 2 N–H and O–H groups in total. The van der Waals surface area contributed by atoms with Gasteiger partial charge in [-0.25, -0.2) is 0 Å². The van der Waals surface area contributed by atoms with Crippen molar-refractivity contribution in [3.8, 4) is 0 Å². The molecule has 130 valence electrons. The lowest BCUT2D eigenvalue weighted by Crippen LogP contribution is -2.39. The second-order valence-electron chi connectivity index (χ2n) is 5.87. The summed E-state index contributed by atoms with van der Waals surface area (Å²) in [6, 6.07) is 13.6. The van der Waals surface area contributed by atoms with E-state index in [9.17, 15) is 9.59 Å². The fraction of sp³-hybridized carbons (Fsp3) is 0.263. The van der Waals surface area contributed by atoms with Crippen LogP contribution in [0.25, 0.3) is 0 Å². The summed E-state index contributed by atoms with van der Waals surface area (Å²) in [6.45, 7) is 4.33. The predicted molar refractivity (Wildman–Crippen MR) is 103 cm³/mol. The Kier molecular flexibility index (Phi) is 5.28. The zero-order valence-corrected chi connectivity index (χ0v) is 15.2. The molecule has 0 aliphatic carbocycles. The van der Waals surface area contributed by atoms with E-state index in [0.717, 1.165) is 33.3 Å². The van der Waals surface area contributed by atoms with Gasteiger partial charge in [0.25, 0.3) is 0 Å². The van der Waals surface area contributed by atoms with Crippen molar-refractivity contribution < 1.29 is 9.59 Å². The highest BCUT2D eigenvalue weighted by Gasteiger charge is 2.22. The lowest BCUT2D eigenvalue weighted by Gasteiger charge is -2.29. The van der Waals surface area contributed by atoms with Crippen LogP contribution in [-0.2, 0) is 9.59 Å². The minimum atomic E-state index is -0.112. The van der Waals surface area contributed by atoms with E-state index in [-0.39, 0.29) is 18.4 Å². The van der Waals surface area contributed by atoms with Gasteiger partial charge in [-0.15, -0.1) is 11.8 Å². The van der Waals surface area contributed by atoms with Crippen LogP contribution in [0.1, 0.15) is 12.5 Å². The monoisotopic (exact) mass is 355 g/mol. The average Bonchev–Trinajstić information content (AvgIpc) is 2.61. The van der Waals surface area contributed by atoms with E-state index < -0.39 is 0 Å². The molecule has 0 unspecified atom stereocenters. The third kappa shape index (κ3) is 3.96. The van der Waals surface area contributed by atoms with Crippen molar-refractivity contribution in [2.75, 3.05) is 34.4 Å². The van der Waals surface area contributed by atoms with Gasteiger partial charge in [-0.05, 0) is 36.8 Å². The molecule has 0 saturated heterocycles. The average molecular weight is 355 g/mol. The zero-order chi connectivity index (χ0) is 17.8. The first-order valence-corrected chi connectivity index (χ1v) is 9.18. The van der Waals surface area contributed by atoms with Gasteiger partial charge in [0.2, 0.25) is 11.8 Å². The van der Waals surface area contributed by atoms with Gasteiger partial charge in [0.1, 0.15) is 0 Å². The lowest BCUT2D eigenvalue weighted by molar-refractivity contribution is -0.117. The number of rotatable bonds is 4. The minimum absolute atomic E-state index is 0.0390. The van der Waals surface area contributed by atoms with Crippen LogP contribution < -0.4 is 15.5 Å². The Morgan fingerprint density at radius 3 is 2.68 bits per heavy atom. The number of carbonyl (C=O) groups excluding carboxylic acids is 2. The zero-order valence-electron chi connectivity index (χ0n) is 14.3. The summed E-state index contributed by atoms with van der Waals surface area (Å²) in [5.41, 5.74) is 3.50. The molecule has 0 radical (unpaired) electrons. The number of hydrogen-bond acceptors (Lipinski definition) is 4. The molecule has 0 atom stereocenters. The molecule has 2 amide bonds. The number of thioether (sulfide) groups is 1. The summed E-state index contributed by atoms with van der Waals surface area (Å²) in [7, 11) is 0. The molecule has 3 rings (SSSR count). The maximum Gasteiger partial charge on any atom is 0.246 e. The molecule has 0 saturated carbocycles. The van der Waals surface area contributed by atoms with E-state index in [1.54, 1.807) is 11.8 Å². The molecule has 2 aromatic carbocycles. The Hall–Kier alpha value is -2.47. The van der Waals surface area contributed by atoms with Gasteiger partial charge < -0.3 is 15.5 Å². The Bertz CT molecular complexity index is 807. The molecule has 0 bridgehead atoms. The van der Waals surface area contributed by atoms with Gasteiger partial charge in [0.05, 0.1) is 12.2 Å². The Morgan fingerprint density at radius 1 is 1.12 bits per heavy atom. The predicted octanol–water partition coefficient (Wildman–Crippen LogP) is 3.50. The van der Waals surface area contributed by atoms with Crippen molar-refractivity contribution in [1.82, 2.24) is 0 Å². The second-order valence-corrected chi connectivity index (χ2v) is 7.01. The van der Waals surface area contributed by atoms with Crippen LogP contribution in [-0.4, -0.2) is 30.7 Å². The summed E-state index contributed by atoms with van der Waals surface area (Å²) in [5.74, 6) is 0.829. The SMILES string of the molecule is CC(=O)Nc1cccc(NCC(=O)N2CCSc3ccccc32)c1C. The van der Waals surface area contributed by atoms with E-state index in [4.69, 9.17) is 0 Å². The number of benzene rings is 2. The number of carbonyl (C=O) groups is 2. The number of nitrogens with one attached hydrogen (secondary N) is 2. The Morgan fingerprint density at radius 2 is 1.88 bits per heavy atom. The van der Waals surface area contributed by atoms with E-state index in [1.165, 1.54) is 6.92 Å². The highest BCUT2D eigenvalue weighted by Crippen LogP contribution is 2.34. The van der Waals surface area contributed by atoms with Crippen molar-refractivity contribution in [1.29, 1.82) is 0 Å². The van der Waals surface area contributed by atoms with Crippen molar-refractivity contribution >= 4 is 40.6 Å². The number of anilines is 3. The first-order chi connectivity index (χ1) is 12.1. The first kappa shape index (κ1) is 17.4. The van der Waals surface area contributed by atoms with Crippen LogP contribution in [0.3, 0.4) is 0 Å². The highest BCUT2D eigenvalue weighted by atomic mass is 32.2. The summed E-state index contributed by atoms with van der Waals surface area (Å²) < 4.78 is 0. The lowest BCUT2D eigenvalue weighted by atomic mass is 10.1. The molecule has 1 heterocycles. The topological polar surface area (TPSA) is 61.4 Å². The van der Waals surface area contributed by atoms with Gasteiger partial charge in [0, 0.05) is 35.5 Å². The third-order valence-electron chi connectivity index (χ3n) is 4.10. The van der Waals surface area contributed by atoms with Crippen molar-refractivity contribution in [3.05, 3.63) is 48.0 Å². The highest BCUT2D eigenvalue weighted by molar-refractivity contribution is 7.99. The van der Waals surface area contributed by atoms with Crippen molar-refractivity contribution in [2.24, 2.45) is 0 Å². The van der Waals surface area contributed by atoms with E-state index >= 15 is 0 Å². The van der Waals surface area contributed by atoms with Crippen LogP contribution >= 0.6 is 11.8 Å². The number of hydrogen-bond donors (Lipinski definition) is 2. The molecule has 1 aliphatic rings. The quantitative estimate of drug-likeness (QED) is 0.881. The molecule has 6 heteroatoms. The summed E-state index contributed by atoms with van der Waals surface area (Å²) in [5, 5.41) is 6.01. The van der Waals surface area contributed by atoms with Crippen LogP contribution in [0.4, 0.5) is 17.1 Å². The normalized spacial score (nSPS) is 13.1. The maximum atomic E-state index is 12.7. The van der Waals surface area contributed by atoms with Gasteiger partial charge in [0.15, 0.2) is 0 Å². The number of amides is 2. The molecular formula is C19H21N3O2S. The molecule has 1 aliphatic heterocycles. The van der Waals surface area contributed by atoms with Crippen LogP contribution in [0.2, 0.25) is 0 Å². The van der Waals surface area contributed by atoms with E-state index in [2.05, 4.69) is 10.6 Å². The van der Waals surface area contributed by atoms with E-state index in [1.807, 2.05) is 54.3 Å². The largest absolute Gasteiger partial charge is 0.376 e. The number of fused-ring (bicyclic) bond motifs is 1. The van der Waals surface area contributed by atoms with Crippen LogP contribution in [0, 0.1) is 6.92 Å². The standard InChI is InChI=1S/C19H21N3O2S/c1-13-15(6-5-7-16(13)21-14(2)23)20-12-19(24)22-10-11-25-18-9-4-3-8-17(18)22/h3-9,20H,10-12H2,1-2H3,(H,21,23). The van der Waals surface area contributed by atoms with Crippen molar-refractivity contribution in [3.63, 3.8) is 0 Å². The van der Waals surface area contributed by atoms with Gasteiger partial charge in [-0.1, -0.05) is 18.2 Å². The van der Waals surface area contributed by atoms with Crippen LogP contribution in [0.5, 0.6) is 0 Å². The van der Waals surface area contributed by atoms with E-state index in [0.29, 0.717) is 6.54 Å². The Balaban J connectivity index is 1.70. The van der Waals surface area contributed by atoms with Crippen LogP contribution in [0.15, 0.2) is 47.4 Å². The molecule has 5 nitrogen and oxygen atoms in total. The molecule has 2 aromatic rings. The molecule has 25 heavy (non-hydrogen) atoms.